The van der Waals surface area contributed by atoms with Crippen molar-refractivity contribution in [1.29, 1.82) is 0 Å². The van der Waals surface area contributed by atoms with Gasteiger partial charge in [-0.1, -0.05) is 0 Å². The van der Waals surface area contributed by atoms with Crippen molar-refractivity contribution >= 4 is 29.9 Å². The second-order valence-electron chi connectivity index (χ2n) is 5.79. The lowest BCUT2D eigenvalue weighted by molar-refractivity contribution is 0.247. The van der Waals surface area contributed by atoms with E-state index >= 15 is 0 Å². The highest BCUT2D eigenvalue weighted by Crippen LogP contribution is 2.26. The molecule has 0 bridgehead atoms. The minimum Gasteiger partial charge on any atom is -0.355 e. The molecular formula is C16H25F2IN4. The molecule has 0 aliphatic heterocycles. The number of hydrogen-bond acceptors (Lipinski definition) is 2. The molecule has 1 fully saturated rings. The first-order chi connectivity index (χ1) is 10.5. The normalized spacial score (nSPS) is 16.0. The number of guanidine groups is 1. The zero-order valence-corrected chi connectivity index (χ0v) is 16.1. The van der Waals surface area contributed by atoms with E-state index in [9.17, 15) is 8.78 Å². The zero-order chi connectivity index (χ0) is 16.1. The van der Waals surface area contributed by atoms with Gasteiger partial charge >= 0.3 is 0 Å². The number of likely N-dealkylation sites (N-methyl/N-ethyl adjacent to an activating group) is 1. The predicted molar refractivity (Wildman–Crippen MR) is 100 cm³/mol. The van der Waals surface area contributed by atoms with Crippen LogP contribution in [0.1, 0.15) is 25.3 Å². The summed E-state index contributed by atoms with van der Waals surface area (Å²) in [5, 5.41) is 6.22. The average Bonchev–Trinajstić information content (AvgIpc) is 3.34. The Morgan fingerprint density at radius 2 is 2.04 bits per heavy atom. The average molecular weight is 438 g/mol. The summed E-state index contributed by atoms with van der Waals surface area (Å²) in [6.45, 7) is 3.10. The molecule has 1 saturated carbocycles. The Bertz CT molecular complexity index is 535. The van der Waals surface area contributed by atoms with Gasteiger partial charge in [0.25, 0.3) is 0 Å². The maximum absolute atomic E-state index is 13.6. The van der Waals surface area contributed by atoms with Gasteiger partial charge in [0, 0.05) is 37.8 Å². The first-order valence-corrected chi connectivity index (χ1v) is 7.61. The highest BCUT2D eigenvalue weighted by molar-refractivity contribution is 14.0. The Kier molecular flexibility index (Phi) is 8.18. The third kappa shape index (κ3) is 6.21. The molecule has 130 valence electrons. The van der Waals surface area contributed by atoms with Gasteiger partial charge in [0.2, 0.25) is 0 Å². The van der Waals surface area contributed by atoms with Gasteiger partial charge in [0.05, 0.1) is 0 Å². The fourth-order valence-electron chi connectivity index (χ4n) is 2.31. The van der Waals surface area contributed by atoms with Crippen LogP contribution in [-0.4, -0.2) is 43.6 Å². The fourth-order valence-corrected chi connectivity index (χ4v) is 2.31. The molecule has 4 nitrogen and oxygen atoms in total. The lowest BCUT2D eigenvalue weighted by atomic mass is 10.2. The van der Waals surface area contributed by atoms with E-state index in [2.05, 4.69) is 34.5 Å². The van der Waals surface area contributed by atoms with Crippen LogP contribution < -0.4 is 10.6 Å². The van der Waals surface area contributed by atoms with E-state index in [1.807, 2.05) is 0 Å². The minimum atomic E-state index is -0.444. The van der Waals surface area contributed by atoms with Gasteiger partial charge in [0.15, 0.2) is 5.96 Å². The van der Waals surface area contributed by atoms with Crippen LogP contribution in [0.5, 0.6) is 0 Å². The van der Waals surface area contributed by atoms with Crippen molar-refractivity contribution in [2.45, 2.75) is 38.4 Å². The molecule has 0 spiro atoms. The second kappa shape index (κ2) is 9.36. The first-order valence-electron chi connectivity index (χ1n) is 7.61. The smallest absolute Gasteiger partial charge is 0.191 e. The largest absolute Gasteiger partial charge is 0.355 e. The Morgan fingerprint density at radius 1 is 1.35 bits per heavy atom. The molecule has 0 saturated heterocycles. The molecule has 0 radical (unpaired) electrons. The molecule has 0 aromatic heterocycles. The lowest BCUT2D eigenvalue weighted by Crippen LogP contribution is -2.45. The number of nitrogens with zero attached hydrogens (tertiary/aromatic N) is 2. The van der Waals surface area contributed by atoms with E-state index in [-0.39, 0.29) is 36.1 Å². The van der Waals surface area contributed by atoms with Gasteiger partial charge in [-0.05, 0) is 45.0 Å². The molecule has 1 aliphatic rings. The summed E-state index contributed by atoms with van der Waals surface area (Å²) in [6.07, 6.45) is 2.54. The van der Waals surface area contributed by atoms with E-state index in [0.29, 0.717) is 18.0 Å². The second-order valence-corrected chi connectivity index (χ2v) is 5.79. The summed E-state index contributed by atoms with van der Waals surface area (Å²) >= 11 is 0. The van der Waals surface area contributed by atoms with Crippen LogP contribution >= 0.6 is 24.0 Å². The molecule has 0 heterocycles. The number of aliphatic imine (C=N–C) groups is 1. The lowest BCUT2D eigenvalue weighted by Gasteiger charge is -2.25. The summed E-state index contributed by atoms with van der Waals surface area (Å²) < 4.78 is 26.7. The highest BCUT2D eigenvalue weighted by atomic mass is 127. The molecule has 1 atom stereocenters. The van der Waals surface area contributed by atoms with Gasteiger partial charge in [-0.2, -0.15) is 0 Å². The standard InChI is InChI=1S/C16H24F2N4.HI/c1-11(22(3)14-5-6-14)9-20-16(19-2)21-10-12-8-13(17)4-7-15(12)18;/h4,7-8,11,14H,5-6,9-10H2,1-3H3,(H2,19,20,21);1H. The van der Waals surface area contributed by atoms with Crippen molar-refractivity contribution in [2.75, 3.05) is 20.6 Å². The zero-order valence-electron chi connectivity index (χ0n) is 13.8. The van der Waals surface area contributed by atoms with Crippen LogP contribution in [0.15, 0.2) is 23.2 Å². The number of rotatable bonds is 6. The maximum Gasteiger partial charge on any atom is 0.191 e. The molecule has 0 amide bonds. The van der Waals surface area contributed by atoms with Crippen molar-refractivity contribution in [3.8, 4) is 0 Å². The fraction of sp³-hybridized carbons (Fsp3) is 0.562. The van der Waals surface area contributed by atoms with Gasteiger partial charge in [-0.25, -0.2) is 8.78 Å². The molecular weight excluding hydrogens is 413 g/mol. The van der Waals surface area contributed by atoms with Crippen molar-refractivity contribution in [1.82, 2.24) is 15.5 Å². The Hall–Kier alpha value is -0.960. The van der Waals surface area contributed by atoms with Gasteiger partial charge < -0.3 is 10.6 Å². The minimum absolute atomic E-state index is 0. The number of hydrogen-bond donors (Lipinski definition) is 2. The van der Waals surface area contributed by atoms with Gasteiger partial charge in [-0.15, -0.1) is 24.0 Å². The molecule has 2 rings (SSSR count). The molecule has 2 N–H and O–H groups in total. The summed E-state index contributed by atoms with van der Waals surface area (Å²) in [4.78, 5) is 6.46. The topological polar surface area (TPSA) is 39.7 Å². The maximum atomic E-state index is 13.6. The van der Waals surface area contributed by atoms with E-state index in [4.69, 9.17) is 0 Å². The van der Waals surface area contributed by atoms with E-state index in [1.54, 1.807) is 7.05 Å². The summed E-state index contributed by atoms with van der Waals surface area (Å²) in [5.41, 5.74) is 0.283. The number of benzene rings is 1. The molecule has 1 aliphatic carbocycles. The number of halogens is 3. The molecule has 23 heavy (non-hydrogen) atoms. The molecule has 1 aromatic carbocycles. The van der Waals surface area contributed by atoms with Gasteiger partial charge in [0.1, 0.15) is 11.6 Å². The Balaban J connectivity index is 0.00000264. The SMILES string of the molecule is CN=C(NCc1cc(F)ccc1F)NCC(C)N(C)C1CC1.I. The van der Waals surface area contributed by atoms with Crippen LogP contribution in [0.4, 0.5) is 8.78 Å². The summed E-state index contributed by atoms with van der Waals surface area (Å²) in [7, 11) is 3.79. The van der Waals surface area contributed by atoms with Crippen LogP contribution in [0.3, 0.4) is 0 Å². The predicted octanol–water partition coefficient (Wildman–Crippen LogP) is 2.73. The van der Waals surface area contributed by atoms with Crippen LogP contribution in [-0.2, 0) is 6.54 Å². The van der Waals surface area contributed by atoms with Crippen LogP contribution in [0.2, 0.25) is 0 Å². The monoisotopic (exact) mass is 438 g/mol. The summed E-state index contributed by atoms with van der Waals surface area (Å²) in [5.74, 6) is -0.285. The van der Waals surface area contributed by atoms with Crippen molar-refractivity contribution < 1.29 is 8.78 Å². The van der Waals surface area contributed by atoms with Crippen molar-refractivity contribution in [3.05, 3.63) is 35.4 Å². The van der Waals surface area contributed by atoms with Crippen LogP contribution in [0.25, 0.3) is 0 Å². The third-order valence-electron chi connectivity index (χ3n) is 4.06. The quantitative estimate of drug-likeness (QED) is 0.408. The van der Waals surface area contributed by atoms with Crippen molar-refractivity contribution in [3.63, 3.8) is 0 Å². The van der Waals surface area contributed by atoms with Crippen molar-refractivity contribution in [2.24, 2.45) is 4.99 Å². The first kappa shape index (κ1) is 20.1. The van der Waals surface area contributed by atoms with E-state index < -0.39 is 11.6 Å². The number of nitrogens with one attached hydrogen (secondary N) is 2. The summed E-state index contributed by atoms with van der Waals surface area (Å²) in [6, 6.07) is 4.53. The molecule has 1 aromatic rings. The van der Waals surface area contributed by atoms with E-state index in [1.165, 1.54) is 18.9 Å². The van der Waals surface area contributed by atoms with Crippen LogP contribution in [0, 0.1) is 11.6 Å². The Morgan fingerprint density at radius 3 is 2.65 bits per heavy atom. The van der Waals surface area contributed by atoms with E-state index in [0.717, 1.165) is 18.7 Å². The molecule has 1 unspecified atom stereocenters. The third-order valence-corrected chi connectivity index (χ3v) is 4.06. The highest BCUT2D eigenvalue weighted by Gasteiger charge is 2.28. The Labute approximate surface area is 153 Å². The molecule has 7 heteroatoms. The van der Waals surface area contributed by atoms with Gasteiger partial charge in [-0.3, -0.25) is 9.89 Å².